The van der Waals surface area contributed by atoms with Gasteiger partial charge in [-0.3, -0.25) is 9.79 Å². The van der Waals surface area contributed by atoms with E-state index >= 15 is 0 Å². The number of likely N-dealkylation sites (tertiary alicyclic amines) is 1. The van der Waals surface area contributed by atoms with Gasteiger partial charge in [0.05, 0.1) is 0 Å². The van der Waals surface area contributed by atoms with E-state index in [0.29, 0.717) is 12.0 Å². The number of benzene rings is 1. The summed E-state index contributed by atoms with van der Waals surface area (Å²) in [5.74, 6) is 0.965. The van der Waals surface area contributed by atoms with E-state index in [-0.39, 0.29) is 5.91 Å². The topological polar surface area (TPSA) is 66.0 Å². The highest BCUT2D eigenvalue weighted by atomic mass is 16.5. The molecule has 0 bridgehead atoms. The number of amides is 1. The van der Waals surface area contributed by atoms with E-state index in [1.54, 1.807) is 7.11 Å². The van der Waals surface area contributed by atoms with E-state index in [1.165, 1.54) is 32.1 Å². The number of methoxy groups -OCH3 is 1. The number of guanidine groups is 1. The van der Waals surface area contributed by atoms with Crippen LogP contribution in [0.2, 0.25) is 0 Å². The van der Waals surface area contributed by atoms with Gasteiger partial charge in [0.1, 0.15) is 0 Å². The molecule has 6 heteroatoms. The summed E-state index contributed by atoms with van der Waals surface area (Å²) in [6.45, 7) is 4.13. The van der Waals surface area contributed by atoms with Crippen molar-refractivity contribution in [2.75, 3.05) is 40.4 Å². The number of hydrogen-bond acceptors (Lipinski definition) is 3. The molecule has 3 rings (SSSR count). The molecule has 2 fully saturated rings. The molecule has 1 amide bonds. The highest BCUT2D eigenvalue weighted by Gasteiger charge is 2.33. The second-order valence-electron chi connectivity index (χ2n) is 8.78. The molecule has 1 aromatic rings. The van der Waals surface area contributed by atoms with Crippen LogP contribution in [0.15, 0.2) is 29.3 Å². The minimum absolute atomic E-state index is 0.153. The Morgan fingerprint density at radius 2 is 1.90 bits per heavy atom. The predicted octanol–water partition coefficient (Wildman–Crippen LogP) is 3.57. The second-order valence-corrected chi connectivity index (χ2v) is 8.78. The van der Waals surface area contributed by atoms with E-state index in [9.17, 15) is 4.79 Å². The second kappa shape index (κ2) is 11.3. The van der Waals surface area contributed by atoms with Crippen LogP contribution in [-0.2, 0) is 11.3 Å². The van der Waals surface area contributed by atoms with Crippen LogP contribution in [0.1, 0.15) is 67.3 Å². The van der Waals surface area contributed by atoms with Crippen LogP contribution in [0, 0.1) is 5.41 Å². The molecule has 0 aromatic heterocycles. The van der Waals surface area contributed by atoms with Crippen LogP contribution >= 0.6 is 0 Å². The standard InChI is InChI=1S/C24H38N4O2/c1-25-23(27-19-24(13-16-30-2)11-4-5-12-24)26-18-20-9-8-10-21(17-20)22(29)28-14-6-3-7-15-28/h8-10,17H,3-7,11-16,18-19H2,1-2H3,(H2,25,26,27). The molecule has 0 radical (unpaired) electrons. The number of rotatable bonds is 8. The molecule has 0 spiro atoms. The zero-order valence-corrected chi connectivity index (χ0v) is 18.7. The van der Waals surface area contributed by atoms with Gasteiger partial charge in [0.2, 0.25) is 0 Å². The Hall–Kier alpha value is -2.08. The summed E-state index contributed by atoms with van der Waals surface area (Å²) in [4.78, 5) is 19.2. The lowest BCUT2D eigenvalue weighted by Gasteiger charge is -2.30. The third-order valence-electron chi connectivity index (χ3n) is 6.63. The first-order chi connectivity index (χ1) is 14.7. The number of aliphatic imine (C=N–C) groups is 1. The molecule has 0 atom stereocenters. The third kappa shape index (κ3) is 6.21. The Morgan fingerprint density at radius 1 is 1.13 bits per heavy atom. The van der Waals surface area contributed by atoms with Gasteiger partial charge >= 0.3 is 0 Å². The van der Waals surface area contributed by atoms with Gasteiger partial charge in [-0.05, 0) is 61.6 Å². The lowest BCUT2D eigenvalue weighted by molar-refractivity contribution is 0.0724. The monoisotopic (exact) mass is 414 g/mol. The Morgan fingerprint density at radius 3 is 2.60 bits per heavy atom. The van der Waals surface area contributed by atoms with E-state index in [0.717, 1.165) is 62.6 Å². The van der Waals surface area contributed by atoms with Gasteiger partial charge in [0.25, 0.3) is 5.91 Å². The van der Waals surface area contributed by atoms with Crippen LogP contribution in [-0.4, -0.2) is 57.2 Å². The van der Waals surface area contributed by atoms with Crippen molar-refractivity contribution < 1.29 is 9.53 Å². The molecule has 0 unspecified atom stereocenters. The van der Waals surface area contributed by atoms with E-state index in [1.807, 2.05) is 30.1 Å². The van der Waals surface area contributed by atoms with Crippen molar-refractivity contribution in [1.29, 1.82) is 0 Å². The molecule has 1 aromatic carbocycles. The van der Waals surface area contributed by atoms with Crippen molar-refractivity contribution >= 4 is 11.9 Å². The maximum atomic E-state index is 12.8. The van der Waals surface area contributed by atoms with E-state index < -0.39 is 0 Å². The number of nitrogens with zero attached hydrogens (tertiary/aromatic N) is 2. The smallest absolute Gasteiger partial charge is 0.253 e. The van der Waals surface area contributed by atoms with Crippen molar-refractivity contribution in [2.45, 2.75) is 57.9 Å². The quantitative estimate of drug-likeness (QED) is 0.504. The van der Waals surface area contributed by atoms with Crippen LogP contribution in [0.25, 0.3) is 0 Å². The summed E-state index contributed by atoms with van der Waals surface area (Å²) in [7, 11) is 3.59. The highest BCUT2D eigenvalue weighted by Crippen LogP contribution is 2.40. The van der Waals surface area contributed by atoms with Crippen molar-refractivity contribution in [3.8, 4) is 0 Å². The summed E-state index contributed by atoms with van der Waals surface area (Å²) in [5, 5.41) is 6.94. The molecule has 1 heterocycles. The summed E-state index contributed by atoms with van der Waals surface area (Å²) in [6, 6.07) is 7.97. The fourth-order valence-corrected chi connectivity index (χ4v) is 4.73. The van der Waals surface area contributed by atoms with Crippen LogP contribution < -0.4 is 10.6 Å². The highest BCUT2D eigenvalue weighted by molar-refractivity contribution is 5.94. The van der Waals surface area contributed by atoms with Crippen LogP contribution in [0.3, 0.4) is 0 Å². The van der Waals surface area contributed by atoms with Crippen LogP contribution in [0.4, 0.5) is 0 Å². The fraction of sp³-hybridized carbons (Fsp3) is 0.667. The first-order valence-corrected chi connectivity index (χ1v) is 11.5. The maximum absolute atomic E-state index is 12.8. The van der Waals surface area contributed by atoms with Gasteiger partial charge in [-0.25, -0.2) is 0 Å². The van der Waals surface area contributed by atoms with Gasteiger partial charge in [-0.2, -0.15) is 0 Å². The van der Waals surface area contributed by atoms with Gasteiger partial charge in [0, 0.05) is 52.5 Å². The number of carbonyl (C=O) groups excluding carboxylic acids is 1. The molecule has 2 N–H and O–H groups in total. The molecule has 30 heavy (non-hydrogen) atoms. The molecule has 1 aliphatic heterocycles. The minimum Gasteiger partial charge on any atom is -0.385 e. The number of hydrogen-bond donors (Lipinski definition) is 2. The van der Waals surface area contributed by atoms with Crippen LogP contribution in [0.5, 0.6) is 0 Å². The van der Waals surface area contributed by atoms with Gasteiger partial charge in [-0.15, -0.1) is 0 Å². The van der Waals surface area contributed by atoms with Crippen molar-refractivity contribution in [1.82, 2.24) is 15.5 Å². The molecule has 1 saturated heterocycles. The normalized spacial score (nSPS) is 19.0. The SMILES string of the molecule is CN=C(NCc1cccc(C(=O)N2CCCCC2)c1)NCC1(CCOC)CCCC1. The minimum atomic E-state index is 0.153. The summed E-state index contributed by atoms with van der Waals surface area (Å²) in [6.07, 6.45) is 9.65. The van der Waals surface area contributed by atoms with Gasteiger partial charge in [-0.1, -0.05) is 25.0 Å². The average Bonchev–Trinajstić information content (AvgIpc) is 3.27. The number of ether oxygens (including phenoxy) is 1. The summed E-state index contributed by atoms with van der Waals surface area (Å²) in [5.41, 5.74) is 2.19. The zero-order chi connectivity index (χ0) is 21.2. The molecule has 1 aliphatic carbocycles. The molecule has 6 nitrogen and oxygen atoms in total. The Bertz CT molecular complexity index is 707. The van der Waals surface area contributed by atoms with Crippen molar-refractivity contribution in [3.63, 3.8) is 0 Å². The first-order valence-electron chi connectivity index (χ1n) is 11.5. The predicted molar refractivity (Wildman–Crippen MR) is 122 cm³/mol. The zero-order valence-electron chi connectivity index (χ0n) is 18.7. The fourth-order valence-electron chi connectivity index (χ4n) is 4.73. The number of nitrogens with one attached hydrogen (secondary N) is 2. The van der Waals surface area contributed by atoms with Crippen molar-refractivity contribution in [2.24, 2.45) is 10.4 Å². The summed E-state index contributed by atoms with van der Waals surface area (Å²) < 4.78 is 5.34. The maximum Gasteiger partial charge on any atom is 0.253 e. The lowest BCUT2D eigenvalue weighted by atomic mass is 9.83. The molecular formula is C24H38N4O2. The Balaban J connectivity index is 1.52. The first kappa shape index (κ1) is 22.6. The van der Waals surface area contributed by atoms with Gasteiger partial charge < -0.3 is 20.3 Å². The van der Waals surface area contributed by atoms with Gasteiger partial charge in [0.15, 0.2) is 5.96 Å². The largest absolute Gasteiger partial charge is 0.385 e. The van der Waals surface area contributed by atoms with E-state index in [2.05, 4.69) is 21.7 Å². The molecule has 166 valence electrons. The Kier molecular flexibility index (Phi) is 8.55. The average molecular weight is 415 g/mol. The van der Waals surface area contributed by atoms with Crippen molar-refractivity contribution in [3.05, 3.63) is 35.4 Å². The molecule has 1 saturated carbocycles. The Labute approximate surface area is 181 Å². The molecular weight excluding hydrogens is 376 g/mol. The molecule has 2 aliphatic rings. The lowest BCUT2D eigenvalue weighted by Crippen LogP contribution is -2.43. The summed E-state index contributed by atoms with van der Waals surface area (Å²) >= 11 is 0. The number of carbonyl (C=O) groups is 1. The third-order valence-corrected chi connectivity index (χ3v) is 6.63. The van der Waals surface area contributed by atoms with E-state index in [4.69, 9.17) is 4.74 Å². The number of piperidine rings is 1.